The number of methoxy groups -OCH3 is 2. The molecular formula is C18H25NO6. The van der Waals surface area contributed by atoms with Gasteiger partial charge in [0, 0.05) is 43.5 Å². The molecule has 0 spiro atoms. The Morgan fingerprint density at radius 1 is 1.20 bits per heavy atom. The van der Waals surface area contributed by atoms with Gasteiger partial charge in [-0.3, -0.25) is 9.59 Å². The summed E-state index contributed by atoms with van der Waals surface area (Å²) in [5.41, 5.74) is 0.689. The highest BCUT2D eigenvalue weighted by atomic mass is 16.5. The van der Waals surface area contributed by atoms with Crippen molar-refractivity contribution in [2.24, 2.45) is 5.92 Å². The Morgan fingerprint density at radius 2 is 1.84 bits per heavy atom. The second-order valence-electron chi connectivity index (χ2n) is 6.36. The zero-order chi connectivity index (χ0) is 18.7. The van der Waals surface area contributed by atoms with E-state index in [1.54, 1.807) is 6.07 Å². The van der Waals surface area contributed by atoms with E-state index < -0.39 is 0 Å². The lowest BCUT2D eigenvalue weighted by atomic mass is 9.86. The number of likely N-dealkylation sites (N-methyl/N-ethyl adjacent to an activating group) is 1. The van der Waals surface area contributed by atoms with E-state index in [4.69, 9.17) is 14.2 Å². The van der Waals surface area contributed by atoms with Gasteiger partial charge in [0.25, 0.3) is 0 Å². The fourth-order valence-corrected chi connectivity index (χ4v) is 3.47. The molecule has 1 N–H and O–H groups in total. The van der Waals surface area contributed by atoms with Crippen molar-refractivity contribution in [3.05, 3.63) is 17.2 Å². The molecule has 2 unspecified atom stereocenters. The highest BCUT2D eigenvalue weighted by Crippen LogP contribution is 2.47. The third kappa shape index (κ3) is 3.87. The highest BCUT2D eigenvalue weighted by Gasteiger charge is 2.38. The molecular weight excluding hydrogens is 326 g/mol. The minimum Gasteiger partial charge on any atom is -0.507 e. The van der Waals surface area contributed by atoms with Gasteiger partial charge >= 0.3 is 5.97 Å². The molecule has 1 heterocycles. The minimum atomic E-state index is -0.344. The van der Waals surface area contributed by atoms with Crippen LogP contribution in [0.4, 0.5) is 0 Å². The summed E-state index contributed by atoms with van der Waals surface area (Å²) in [6.45, 7) is 4.35. The SMILES string of the molecule is COc1cc(OC)c(C2CN(C)CC2COC(C)=O)c(O)c1C(C)=O. The monoisotopic (exact) mass is 351 g/mol. The standard InChI is InChI=1S/C18H25NO6/c1-10(20)16-14(23-4)6-15(24-5)17(18(16)22)13-8-19(3)7-12(13)9-25-11(2)21/h6,12-13,22H,7-9H2,1-5H3. The number of hydrogen-bond acceptors (Lipinski definition) is 7. The van der Waals surface area contributed by atoms with Gasteiger partial charge in [-0.15, -0.1) is 0 Å². The van der Waals surface area contributed by atoms with E-state index in [1.165, 1.54) is 28.1 Å². The Morgan fingerprint density at radius 3 is 2.36 bits per heavy atom. The number of phenolic OH excluding ortho intramolecular Hbond substituents is 1. The van der Waals surface area contributed by atoms with Crippen LogP contribution in [-0.2, 0) is 9.53 Å². The summed E-state index contributed by atoms with van der Waals surface area (Å²) in [6, 6.07) is 1.62. The van der Waals surface area contributed by atoms with Crippen molar-refractivity contribution in [3.63, 3.8) is 0 Å². The zero-order valence-electron chi connectivity index (χ0n) is 15.3. The van der Waals surface area contributed by atoms with Gasteiger partial charge in [-0.2, -0.15) is 0 Å². The van der Waals surface area contributed by atoms with Crippen LogP contribution in [0.15, 0.2) is 6.07 Å². The molecule has 2 rings (SSSR count). The van der Waals surface area contributed by atoms with Gasteiger partial charge in [-0.25, -0.2) is 0 Å². The number of benzene rings is 1. The van der Waals surface area contributed by atoms with Crippen LogP contribution in [0.2, 0.25) is 0 Å². The number of esters is 1. The fraction of sp³-hybridized carbons (Fsp3) is 0.556. The van der Waals surface area contributed by atoms with E-state index in [2.05, 4.69) is 4.90 Å². The molecule has 0 bridgehead atoms. The molecule has 138 valence electrons. The van der Waals surface area contributed by atoms with E-state index in [-0.39, 0.29) is 47.3 Å². The van der Waals surface area contributed by atoms with Crippen LogP contribution in [0.5, 0.6) is 17.2 Å². The second-order valence-corrected chi connectivity index (χ2v) is 6.36. The summed E-state index contributed by atoms with van der Waals surface area (Å²) in [5, 5.41) is 10.8. The summed E-state index contributed by atoms with van der Waals surface area (Å²) < 4.78 is 15.9. The lowest BCUT2D eigenvalue weighted by molar-refractivity contribution is -0.142. The number of likely N-dealkylation sites (tertiary alicyclic amines) is 1. The molecule has 2 atom stereocenters. The van der Waals surface area contributed by atoms with Crippen molar-refractivity contribution >= 4 is 11.8 Å². The Bertz CT molecular complexity index is 672. The smallest absolute Gasteiger partial charge is 0.302 e. The molecule has 1 fully saturated rings. The number of Topliss-reactive ketones (excluding diaryl/α,β-unsaturated/α-hetero) is 1. The number of hydrogen-bond donors (Lipinski definition) is 1. The molecule has 0 aliphatic carbocycles. The quantitative estimate of drug-likeness (QED) is 0.618. The predicted octanol–water partition coefficient (Wildman–Crippen LogP) is 1.82. The third-order valence-electron chi connectivity index (χ3n) is 4.55. The number of carbonyl (C=O) groups is 2. The Labute approximate surface area is 147 Å². The van der Waals surface area contributed by atoms with E-state index in [1.807, 2.05) is 7.05 Å². The number of phenols is 1. The van der Waals surface area contributed by atoms with Crippen LogP contribution in [0.25, 0.3) is 0 Å². The van der Waals surface area contributed by atoms with Gasteiger partial charge in [0.2, 0.25) is 0 Å². The van der Waals surface area contributed by atoms with E-state index in [0.717, 1.165) is 0 Å². The average molecular weight is 351 g/mol. The van der Waals surface area contributed by atoms with Crippen LogP contribution in [0, 0.1) is 5.92 Å². The van der Waals surface area contributed by atoms with E-state index in [0.29, 0.717) is 24.4 Å². The Balaban J connectivity index is 2.53. The largest absolute Gasteiger partial charge is 0.507 e. The first-order valence-corrected chi connectivity index (χ1v) is 8.10. The van der Waals surface area contributed by atoms with Crippen LogP contribution < -0.4 is 9.47 Å². The van der Waals surface area contributed by atoms with Crippen LogP contribution in [-0.4, -0.2) is 62.7 Å². The lowest BCUT2D eigenvalue weighted by Crippen LogP contribution is -2.20. The molecule has 1 saturated heterocycles. The molecule has 1 aliphatic rings. The molecule has 25 heavy (non-hydrogen) atoms. The molecule has 7 heteroatoms. The summed E-state index contributed by atoms with van der Waals surface area (Å²) >= 11 is 0. The predicted molar refractivity (Wildman–Crippen MR) is 91.6 cm³/mol. The summed E-state index contributed by atoms with van der Waals surface area (Å²) in [4.78, 5) is 25.3. The maximum Gasteiger partial charge on any atom is 0.302 e. The molecule has 1 aliphatic heterocycles. The van der Waals surface area contributed by atoms with Crippen LogP contribution >= 0.6 is 0 Å². The second kappa shape index (κ2) is 7.74. The highest BCUT2D eigenvalue weighted by molar-refractivity contribution is 6.00. The number of rotatable bonds is 6. The fourth-order valence-electron chi connectivity index (χ4n) is 3.47. The molecule has 7 nitrogen and oxygen atoms in total. The molecule has 0 radical (unpaired) electrons. The van der Waals surface area contributed by atoms with Crippen molar-refractivity contribution in [2.45, 2.75) is 19.8 Å². The maximum absolute atomic E-state index is 12.0. The Kier molecular flexibility index (Phi) is 5.89. The maximum atomic E-state index is 12.0. The molecule has 0 amide bonds. The molecule has 1 aromatic carbocycles. The van der Waals surface area contributed by atoms with Gasteiger partial charge < -0.3 is 24.2 Å². The molecule has 0 saturated carbocycles. The summed E-state index contributed by atoms with van der Waals surface area (Å²) in [7, 11) is 4.90. The number of ketones is 1. The third-order valence-corrected chi connectivity index (χ3v) is 4.55. The molecule has 1 aromatic rings. The number of carbonyl (C=O) groups excluding carboxylic acids is 2. The van der Waals surface area contributed by atoms with Crippen LogP contribution in [0.1, 0.15) is 35.7 Å². The van der Waals surface area contributed by atoms with Crippen molar-refractivity contribution in [3.8, 4) is 17.2 Å². The number of nitrogens with zero attached hydrogens (tertiary/aromatic N) is 1. The normalized spacial score (nSPS) is 20.4. The first kappa shape index (κ1) is 19.1. The van der Waals surface area contributed by atoms with Crippen molar-refractivity contribution < 1.29 is 28.9 Å². The molecule has 0 aromatic heterocycles. The van der Waals surface area contributed by atoms with Gasteiger partial charge in [0.15, 0.2) is 5.78 Å². The zero-order valence-corrected chi connectivity index (χ0v) is 15.3. The topological polar surface area (TPSA) is 85.3 Å². The lowest BCUT2D eigenvalue weighted by Gasteiger charge is -2.24. The van der Waals surface area contributed by atoms with Gasteiger partial charge in [-0.1, -0.05) is 0 Å². The van der Waals surface area contributed by atoms with E-state index in [9.17, 15) is 14.7 Å². The van der Waals surface area contributed by atoms with Gasteiger partial charge in [0.1, 0.15) is 22.8 Å². The summed E-state index contributed by atoms with van der Waals surface area (Å²) in [6.07, 6.45) is 0. The average Bonchev–Trinajstić information content (AvgIpc) is 2.91. The van der Waals surface area contributed by atoms with Crippen molar-refractivity contribution in [1.82, 2.24) is 4.90 Å². The van der Waals surface area contributed by atoms with Crippen LogP contribution in [0.3, 0.4) is 0 Å². The summed E-state index contributed by atoms with van der Waals surface area (Å²) in [5.74, 6) is -0.187. The van der Waals surface area contributed by atoms with E-state index >= 15 is 0 Å². The first-order chi connectivity index (χ1) is 11.8. The Hall–Kier alpha value is -2.28. The first-order valence-electron chi connectivity index (χ1n) is 8.10. The number of ether oxygens (including phenoxy) is 3. The van der Waals surface area contributed by atoms with Gasteiger partial charge in [0.05, 0.1) is 20.8 Å². The van der Waals surface area contributed by atoms with Crippen molar-refractivity contribution in [1.29, 1.82) is 0 Å². The van der Waals surface area contributed by atoms with Gasteiger partial charge in [-0.05, 0) is 14.0 Å². The minimum absolute atomic E-state index is 0.0121. The number of aromatic hydroxyl groups is 1. The van der Waals surface area contributed by atoms with Crippen molar-refractivity contribution in [2.75, 3.05) is 41.0 Å².